The Labute approximate surface area is 130 Å². The van der Waals surface area contributed by atoms with Crippen LogP contribution in [0.2, 0.25) is 0 Å². The topological polar surface area (TPSA) is 182 Å². The zero-order valence-corrected chi connectivity index (χ0v) is 12.7. The third-order valence-electron chi connectivity index (χ3n) is 3.83. The molecule has 1 rings (SSSR count). The summed E-state index contributed by atoms with van der Waals surface area (Å²) in [4.78, 5) is 0. The molecule has 0 saturated carbocycles. The van der Waals surface area contributed by atoms with Crippen LogP contribution in [-0.2, 0) is 10.9 Å². The Morgan fingerprint density at radius 3 is 1.91 bits per heavy atom. The fourth-order valence-electron chi connectivity index (χ4n) is 2.37. The van der Waals surface area contributed by atoms with E-state index < -0.39 is 72.1 Å². The maximum atomic E-state index is 9.93. The van der Waals surface area contributed by atoms with Gasteiger partial charge in [0.2, 0.25) is 0 Å². The van der Waals surface area contributed by atoms with Crippen LogP contribution in [0.5, 0.6) is 0 Å². The molecular weight excluding hydrogens is 320 g/mol. The molecule has 9 nitrogen and oxygen atoms in total. The molecule has 22 heavy (non-hydrogen) atoms. The Morgan fingerprint density at radius 2 is 1.41 bits per heavy atom. The Hall–Kier alpha value is -0.0100. The number of hydrogen-bond donors (Lipinski definition) is 9. The maximum Gasteiger partial charge on any atom is 0.169 e. The summed E-state index contributed by atoms with van der Waals surface area (Å²) in [5.74, 6) is 0.0492. The van der Waals surface area contributed by atoms with Crippen LogP contribution in [0.25, 0.3) is 0 Å². The van der Waals surface area contributed by atoms with Crippen LogP contribution >= 0.6 is 0 Å². The lowest BCUT2D eigenvalue weighted by Gasteiger charge is -2.28. The minimum Gasteiger partial charge on any atom is -0.394 e. The van der Waals surface area contributed by atoms with E-state index in [9.17, 15) is 40.9 Å². The Balaban J connectivity index is 2.62. The fourth-order valence-corrected chi connectivity index (χ4v) is 5.06. The van der Waals surface area contributed by atoms with Gasteiger partial charge >= 0.3 is 0 Å². The standard InChI is InChI=1S/C12H25O9S/c13-1-5(15)10(19)12(21)11(20)7(17)4-22-3-6(16)9(18)8(22)2-14/h5-21H,1-4H2/q+1/t5-,6+,7+,8+,9-,10+,11+,12+,22-/m0/s1. The largest absolute Gasteiger partial charge is 0.394 e. The van der Waals surface area contributed by atoms with Gasteiger partial charge in [0, 0.05) is 10.9 Å². The monoisotopic (exact) mass is 345 g/mol. The van der Waals surface area contributed by atoms with E-state index in [0.717, 1.165) is 0 Å². The number of aliphatic hydroxyl groups excluding tert-OH is 9. The van der Waals surface area contributed by atoms with Gasteiger partial charge in [0.05, 0.1) is 13.2 Å². The number of rotatable bonds is 8. The van der Waals surface area contributed by atoms with Gasteiger partial charge in [-0.2, -0.15) is 0 Å². The normalized spacial score (nSPS) is 35.9. The molecule has 10 heteroatoms. The van der Waals surface area contributed by atoms with Crippen molar-refractivity contribution < 1.29 is 46.0 Å². The summed E-state index contributed by atoms with van der Waals surface area (Å²) < 4.78 is 0. The van der Waals surface area contributed by atoms with Crippen LogP contribution in [0.3, 0.4) is 0 Å². The van der Waals surface area contributed by atoms with Gasteiger partial charge in [-0.1, -0.05) is 0 Å². The first-order chi connectivity index (χ1) is 10.2. The lowest BCUT2D eigenvalue weighted by molar-refractivity contribution is -0.136. The van der Waals surface area contributed by atoms with E-state index in [1.165, 1.54) is 0 Å². The minimum absolute atomic E-state index is 0.0977. The van der Waals surface area contributed by atoms with Crippen LogP contribution < -0.4 is 0 Å². The van der Waals surface area contributed by atoms with E-state index in [0.29, 0.717) is 0 Å². The molecule has 0 aromatic heterocycles. The molecule has 132 valence electrons. The third-order valence-corrected chi connectivity index (χ3v) is 6.65. The molecule has 1 aliphatic heterocycles. The predicted molar refractivity (Wildman–Crippen MR) is 77.1 cm³/mol. The van der Waals surface area contributed by atoms with Crippen molar-refractivity contribution in [3.63, 3.8) is 0 Å². The second-order valence-electron chi connectivity index (χ2n) is 5.44. The first kappa shape index (κ1) is 20.0. The van der Waals surface area contributed by atoms with Gasteiger partial charge in [-0.3, -0.25) is 0 Å². The summed E-state index contributed by atoms with van der Waals surface area (Å²) in [5.41, 5.74) is 0. The maximum absolute atomic E-state index is 9.93. The lowest BCUT2D eigenvalue weighted by Crippen LogP contribution is -2.52. The fraction of sp³-hybridized carbons (Fsp3) is 1.00. The first-order valence-electron chi connectivity index (χ1n) is 6.89. The van der Waals surface area contributed by atoms with E-state index in [2.05, 4.69) is 0 Å². The quantitative estimate of drug-likeness (QED) is 0.194. The highest BCUT2D eigenvalue weighted by Gasteiger charge is 2.51. The molecule has 9 atom stereocenters. The molecule has 1 aliphatic rings. The molecular formula is C12H25O9S+. The van der Waals surface area contributed by atoms with Crippen LogP contribution in [0.4, 0.5) is 0 Å². The van der Waals surface area contributed by atoms with Crippen molar-refractivity contribution in [2.75, 3.05) is 24.7 Å². The van der Waals surface area contributed by atoms with E-state index in [1.807, 2.05) is 0 Å². The highest BCUT2D eigenvalue weighted by molar-refractivity contribution is 7.97. The molecule has 0 unspecified atom stereocenters. The van der Waals surface area contributed by atoms with Crippen molar-refractivity contribution in [2.45, 2.75) is 48.0 Å². The summed E-state index contributed by atoms with van der Waals surface area (Å²) in [6, 6.07) is 0. The van der Waals surface area contributed by atoms with Crippen LogP contribution in [0.1, 0.15) is 0 Å². The Kier molecular flexibility index (Phi) is 7.95. The Bertz CT molecular complexity index is 334. The zero-order valence-electron chi connectivity index (χ0n) is 11.9. The van der Waals surface area contributed by atoms with Crippen molar-refractivity contribution in [3.05, 3.63) is 0 Å². The lowest BCUT2D eigenvalue weighted by atomic mass is 10.0. The van der Waals surface area contributed by atoms with Gasteiger partial charge in [0.25, 0.3) is 0 Å². The van der Waals surface area contributed by atoms with Gasteiger partial charge in [-0.05, 0) is 0 Å². The molecule has 1 fully saturated rings. The SMILES string of the molecule is OC[C@@H]1[C@@H](O)[C@H](O)C[S@@+]1C[C@@H](O)[C@@H](O)[C@H](O)[C@H](O)[C@@H](O)CO. The molecule has 0 aromatic rings. The van der Waals surface area contributed by atoms with Crippen LogP contribution in [-0.4, -0.2) is 119 Å². The minimum atomic E-state index is -1.88. The molecule has 0 amide bonds. The van der Waals surface area contributed by atoms with E-state index in [-0.39, 0.29) is 11.5 Å². The summed E-state index contributed by atoms with van der Waals surface area (Å²) in [6.07, 6.45) is -10.8. The average molecular weight is 345 g/mol. The van der Waals surface area contributed by atoms with Crippen LogP contribution in [0.15, 0.2) is 0 Å². The van der Waals surface area contributed by atoms with Gasteiger partial charge in [-0.25, -0.2) is 0 Å². The van der Waals surface area contributed by atoms with E-state index >= 15 is 0 Å². The molecule has 0 spiro atoms. The van der Waals surface area contributed by atoms with E-state index in [4.69, 9.17) is 5.11 Å². The van der Waals surface area contributed by atoms with Gasteiger partial charge in [0.15, 0.2) is 5.25 Å². The molecule has 0 radical (unpaired) electrons. The second-order valence-corrected chi connectivity index (χ2v) is 7.79. The number of aliphatic hydroxyl groups is 9. The zero-order chi connectivity index (χ0) is 17.0. The Morgan fingerprint density at radius 1 is 0.864 bits per heavy atom. The van der Waals surface area contributed by atoms with Gasteiger partial charge in [-0.15, -0.1) is 0 Å². The van der Waals surface area contributed by atoms with Crippen LogP contribution in [0, 0.1) is 0 Å². The molecule has 0 aliphatic carbocycles. The van der Waals surface area contributed by atoms with Crippen molar-refractivity contribution in [3.8, 4) is 0 Å². The average Bonchev–Trinajstić information content (AvgIpc) is 2.77. The summed E-state index contributed by atoms with van der Waals surface area (Å²) in [5, 5.41) is 84.7. The molecule has 1 saturated heterocycles. The molecule has 0 bridgehead atoms. The van der Waals surface area contributed by atoms with E-state index in [1.54, 1.807) is 0 Å². The highest BCUT2D eigenvalue weighted by Crippen LogP contribution is 2.25. The highest BCUT2D eigenvalue weighted by atomic mass is 32.2. The van der Waals surface area contributed by atoms with Crippen molar-refractivity contribution in [1.29, 1.82) is 0 Å². The molecule has 1 heterocycles. The summed E-state index contributed by atoms with van der Waals surface area (Å²) in [6.45, 7) is -1.21. The smallest absolute Gasteiger partial charge is 0.169 e. The number of hydrogen-bond acceptors (Lipinski definition) is 9. The first-order valence-corrected chi connectivity index (χ1v) is 8.51. The third kappa shape index (κ3) is 4.51. The van der Waals surface area contributed by atoms with Crippen molar-refractivity contribution in [1.82, 2.24) is 0 Å². The molecule has 9 N–H and O–H groups in total. The summed E-state index contributed by atoms with van der Waals surface area (Å²) >= 11 is 0. The van der Waals surface area contributed by atoms with Crippen molar-refractivity contribution >= 4 is 10.9 Å². The predicted octanol–water partition coefficient (Wildman–Crippen LogP) is -5.50. The van der Waals surface area contributed by atoms with Gasteiger partial charge < -0.3 is 46.0 Å². The molecule has 0 aromatic carbocycles. The van der Waals surface area contributed by atoms with Gasteiger partial charge in [0.1, 0.15) is 54.2 Å². The summed E-state index contributed by atoms with van der Waals surface area (Å²) in [7, 11) is -0.783. The van der Waals surface area contributed by atoms with Crippen molar-refractivity contribution in [2.24, 2.45) is 0 Å². The second kappa shape index (κ2) is 8.73.